The van der Waals surface area contributed by atoms with Crippen LogP contribution in [0.3, 0.4) is 0 Å². The van der Waals surface area contributed by atoms with Gasteiger partial charge in [0.25, 0.3) is 5.91 Å². The number of hydrogen-bond acceptors (Lipinski definition) is 5. The predicted octanol–water partition coefficient (Wildman–Crippen LogP) is 4.68. The summed E-state index contributed by atoms with van der Waals surface area (Å²) >= 11 is 0. The van der Waals surface area contributed by atoms with Gasteiger partial charge < -0.3 is 19.2 Å². The van der Waals surface area contributed by atoms with Crippen molar-refractivity contribution in [2.75, 3.05) is 20.8 Å². The Hall–Kier alpha value is -3.87. The molecule has 4 rings (SSSR count). The number of benzene rings is 3. The fourth-order valence-corrected chi connectivity index (χ4v) is 3.74. The Balaban J connectivity index is 1.52. The van der Waals surface area contributed by atoms with Crippen LogP contribution in [0, 0.1) is 5.82 Å². The summed E-state index contributed by atoms with van der Waals surface area (Å²) in [6.07, 6.45) is 0.189. The molecule has 0 bridgehead atoms. The minimum Gasteiger partial charge on any atom is -0.497 e. The number of nitrogens with zero attached hydrogens (tertiary/aromatic N) is 2. The van der Waals surface area contributed by atoms with E-state index >= 15 is 0 Å². The van der Waals surface area contributed by atoms with Crippen molar-refractivity contribution in [2.45, 2.75) is 19.1 Å². The van der Waals surface area contributed by atoms with Crippen LogP contribution in [-0.4, -0.2) is 43.4 Å². The van der Waals surface area contributed by atoms with Gasteiger partial charge in [-0.3, -0.25) is 4.79 Å². The zero-order valence-corrected chi connectivity index (χ0v) is 18.5. The molecule has 170 valence electrons. The van der Waals surface area contributed by atoms with Gasteiger partial charge >= 0.3 is 0 Å². The summed E-state index contributed by atoms with van der Waals surface area (Å²) in [5.74, 6) is 0.487. The van der Waals surface area contributed by atoms with Gasteiger partial charge in [0.1, 0.15) is 17.3 Å². The molecule has 0 saturated heterocycles. The maximum atomic E-state index is 14.4. The van der Waals surface area contributed by atoms with E-state index in [0.29, 0.717) is 12.2 Å². The van der Waals surface area contributed by atoms with Crippen molar-refractivity contribution in [3.8, 4) is 11.5 Å². The van der Waals surface area contributed by atoms with Crippen LogP contribution in [0.2, 0.25) is 0 Å². The minimum absolute atomic E-state index is 0.0229. The lowest BCUT2D eigenvalue weighted by molar-refractivity contribution is 0.0402. The predicted molar refractivity (Wildman–Crippen MR) is 123 cm³/mol. The molecule has 1 aliphatic heterocycles. The summed E-state index contributed by atoms with van der Waals surface area (Å²) in [7, 11) is 3.20. The molecule has 0 spiro atoms. The maximum absolute atomic E-state index is 14.4. The fourth-order valence-electron chi connectivity index (χ4n) is 3.74. The molecule has 6 nitrogen and oxygen atoms in total. The van der Waals surface area contributed by atoms with Gasteiger partial charge in [0, 0.05) is 13.0 Å². The molecule has 0 aromatic heterocycles. The summed E-state index contributed by atoms with van der Waals surface area (Å²) in [5, 5.41) is 4.22. The molecule has 0 radical (unpaired) electrons. The third-order valence-corrected chi connectivity index (χ3v) is 5.48. The molecule has 33 heavy (non-hydrogen) atoms. The van der Waals surface area contributed by atoms with Crippen LogP contribution < -0.4 is 9.47 Å². The molecule has 0 saturated carbocycles. The molecule has 1 amide bonds. The Bertz CT molecular complexity index is 1150. The Morgan fingerprint density at radius 1 is 1.03 bits per heavy atom. The number of amides is 1. The first-order valence-electron chi connectivity index (χ1n) is 10.6. The van der Waals surface area contributed by atoms with Gasteiger partial charge in [-0.2, -0.15) is 0 Å². The van der Waals surface area contributed by atoms with E-state index < -0.39 is 11.7 Å². The van der Waals surface area contributed by atoms with Gasteiger partial charge in [0.15, 0.2) is 6.10 Å². The molecule has 1 atom stereocenters. The molecule has 0 fully saturated rings. The van der Waals surface area contributed by atoms with Crippen LogP contribution in [0.1, 0.15) is 27.9 Å². The normalized spacial score (nSPS) is 14.9. The summed E-state index contributed by atoms with van der Waals surface area (Å²) in [5.41, 5.74) is 2.61. The number of methoxy groups -OCH3 is 2. The zero-order valence-electron chi connectivity index (χ0n) is 18.5. The molecule has 3 aromatic rings. The molecular weight excluding hydrogens is 423 g/mol. The van der Waals surface area contributed by atoms with Gasteiger partial charge in [0.05, 0.1) is 32.0 Å². The van der Waals surface area contributed by atoms with Crippen molar-refractivity contribution >= 4 is 11.6 Å². The molecule has 1 heterocycles. The third kappa shape index (κ3) is 5.31. The van der Waals surface area contributed by atoms with Crippen molar-refractivity contribution in [1.82, 2.24) is 4.90 Å². The van der Waals surface area contributed by atoms with E-state index in [4.69, 9.17) is 14.3 Å². The lowest BCUT2D eigenvalue weighted by Gasteiger charge is -2.25. The van der Waals surface area contributed by atoms with Gasteiger partial charge in [-0.05, 0) is 59.7 Å². The molecule has 1 unspecified atom stereocenters. The highest BCUT2D eigenvalue weighted by molar-refractivity contribution is 6.01. The van der Waals surface area contributed by atoms with Gasteiger partial charge in [-0.15, -0.1) is 0 Å². The largest absolute Gasteiger partial charge is 0.497 e. The van der Waals surface area contributed by atoms with Crippen LogP contribution in [-0.2, 0) is 11.4 Å². The summed E-state index contributed by atoms with van der Waals surface area (Å²) in [4.78, 5) is 20.5. The summed E-state index contributed by atoms with van der Waals surface area (Å²) in [6.45, 7) is 0.537. The van der Waals surface area contributed by atoms with E-state index in [9.17, 15) is 9.18 Å². The topological polar surface area (TPSA) is 60.4 Å². The van der Waals surface area contributed by atoms with Crippen LogP contribution >= 0.6 is 0 Å². The first-order chi connectivity index (χ1) is 16.1. The number of rotatable bonds is 8. The van der Waals surface area contributed by atoms with E-state index in [0.717, 1.165) is 22.6 Å². The molecule has 0 aliphatic carbocycles. The number of ether oxygens (including phenoxy) is 2. The Morgan fingerprint density at radius 3 is 2.52 bits per heavy atom. The monoisotopic (exact) mass is 448 g/mol. The molecular formula is C26H25FN2O4. The molecule has 0 N–H and O–H groups in total. The number of halogens is 1. The zero-order chi connectivity index (χ0) is 23.2. The van der Waals surface area contributed by atoms with E-state index in [2.05, 4.69) is 5.16 Å². The van der Waals surface area contributed by atoms with Crippen molar-refractivity contribution in [3.63, 3.8) is 0 Å². The average Bonchev–Trinajstić information content (AvgIpc) is 3.32. The molecule has 7 heteroatoms. The number of hydrogen-bond donors (Lipinski definition) is 0. The second kappa shape index (κ2) is 10.2. The first kappa shape index (κ1) is 22.3. The van der Waals surface area contributed by atoms with Gasteiger partial charge in [-0.25, -0.2) is 4.39 Å². The lowest BCUT2D eigenvalue weighted by Crippen LogP contribution is -2.37. The van der Waals surface area contributed by atoms with Crippen molar-refractivity contribution in [1.29, 1.82) is 0 Å². The highest BCUT2D eigenvalue weighted by Crippen LogP contribution is 2.23. The van der Waals surface area contributed by atoms with E-state index in [1.807, 2.05) is 48.5 Å². The minimum atomic E-state index is -0.555. The highest BCUT2D eigenvalue weighted by Gasteiger charge is 2.28. The Labute approximate surface area is 192 Å². The quantitative estimate of drug-likeness (QED) is 0.502. The van der Waals surface area contributed by atoms with E-state index in [-0.39, 0.29) is 24.8 Å². The van der Waals surface area contributed by atoms with Crippen molar-refractivity contribution < 1.29 is 23.5 Å². The maximum Gasteiger partial charge on any atom is 0.257 e. The highest BCUT2D eigenvalue weighted by atomic mass is 19.1. The number of carbonyl (C=O) groups is 1. The van der Waals surface area contributed by atoms with Gasteiger partial charge in [0.2, 0.25) is 0 Å². The summed E-state index contributed by atoms with van der Waals surface area (Å²) < 4.78 is 24.9. The molecule has 1 aliphatic rings. The Morgan fingerprint density at radius 2 is 1.79 bits per heavy atom. The Kier molecular flexibility index (Phi) is 6.88. The van der Waals surface area contributed by atoms with E-state index in [1.165, 1.54) is 12.1 Å². The second-order valence-electron chi connectivity index (χ2n) is 7.72. The smallest absolute Gasteiger partial charge is 0.257 e. The molecule has 3 aromatic carbocycles. The van der Waals surface area contributed by atoms with Crippen LogP contribution in [0.15, 0.2) is 78.0 Å². The second-order valence-corrected chi connectivity index (χ2v) is 7.72. The van der Waals surface area contributed by atoms with Crippen LogP contribution in [0.4, 0.5) is 4.39 Å². The summed E-state index contributed by atoms with van der Waals surface area (Å²) in [6, 6.07) is 21.0. The number of carbonyl (C=O) groups excluding carboxylic acids is 1. The third-order valence-electron chi connectivity index (χ3n) is 5.48. The standard InChI is InChI=1S/C26H25FN2O4/c1-31-20-12-10-19(11-13-20)25-15-22(33-28-25)17-29(16-18-6-5-7-21(14-18)32-2)26(30)23-8-3-4-9-24(23)27/h3-14,22H,15-17H2,1-2H3. The average molecular weight is 448 g/mol. The van der Waals surface area contributed by atoms with Crippen molar-refractivity contribution in [2.24, 2.45) is 5.16 Å². The van der Waals surface area contributed by atoms with Gasteiger partial charge in [-0.1, -0.05) is 29.4 Å². The van der Waals surface area contributed by atoms with Crippen molar-refractivity contribution in [3.05, 3.63) is 95.3 Å². The SMILES string of the molecule is COc1ccc(C2=NOC(CN(Cc3cccc(OC)c3)C(=O)c3ccccc3F)C2)cc1. The van der Waals surface area contributed by atoms with E-state index in [1.54, 1.807) is 31.3 Å². The van der Waals surface area contributed by atoms with Crippen LogP contribution in [0.25, 0.3) is 0 Å². The fraction of sp³-hybridized carbons (Fsp3) is 0.231. The first-order valence-corrected chi connectivity index (χ1v) is 10.6. The lowest BCUT2D eigenvalue weighted by atomic mass is 10.0. The number of oxime groups is 1. The van der Waals surface area contributed by atoms with Crippen LogP contribution in [0.5, 0.6) is 11.5 Å².